The van der Waals surface area contributed by atoms with Crippen LogP contribution in [0.4, 0.5) is 20.2 Å². The van der Waals surface area contributed by atoms with Gasteiger partial charge in [-0.3, -0.25) is 9.59 Å². The molecule has 33 heavy (non-hydrogen) atoms. The number of benzene rings is 3. The number of ether oxygens (including phenoxy) is 1. The molecule has 0 aliphatic carbocycles. The van der Waals surface area contributed by atoms with Gasteiger partial charge in [0, 0.05) is 28.8 Å². The second-order valence-corrected chi connectivity index (χ2v) is 9.16. The van der Waals surface area contributed by atoms with E-state index in [0.29, 0.717) is 16.9 Å². The van der Waals surface area contributed by atoms with E-state index in [1.165, 1.54) is 48.5 Å². The number of carbonyl (C=O) groups excluding carboxylic acids is 2. The van der Waals surface area contributed by atoms with E-state index in [1.807, 2.05) is 0 Å². The van der Waals surface area contributed by atoms with Gasteiger partial charge in [0.2, 0.25) is 0 Å². The number of nitrogens with one attached hydrogen (secondary N) is 2. The molecular formula is C23H20F2N2O5S. The molecule has 0 aliphatic heterocycles. The molecule has 0 atom stereocenters. The molecule has 3 rings (SSSR count). The molecule has 172 valence electrons. The first-order chi connectivity index (χ1) is 15.5. The Morgan fingerprint density at radius 3 is 2.15 bits per heavy atom. The SMILES string of the molecule is Cc1cc(NC(=O)c2cccc(OC(F)F)c2)ccc1NC(=O)c1cccc(S(C)(=O)=O)c1. The maximum atomic E-state index is 12.6. The van der Waals surface area contributed by atoms with Gasteiger partial charge in [0.05, 0.1) is 4.90 Å². The largest absolute Gasteiger partial charge is 0.435 e. The maximum absolute atomic E-state index is 12.6. The number of rotatable bonds is 7. The van der Waals surface area contributed by atoms with Crippen molar-refractivity contribution in [1.82, 2.24) is 0 Å². The fourth-order valence-electron chi connectivity index (χ4n) is 2.96. The average Bonchev–Trinajstić information content (AvgIpc) is 2.75. The topological polar surface area (TPSA) is 102 Å². The van der Waals surface area contributed by atoms with Gasteiger partial charge in [0.15, 0.2) is 9.84 Å². The van der Waals surface area contributed by atoms with Crippen LogP contribution >= 0.6 is 0 Å². The van der Waals surface area contributed by atoms with Crippen LogP contribution in [0.25, 0.3) is 0 Å². The second-order valence-electron chi connectivity index (χ2n) is 7.14. The fraction of sp³-hybridized carbons (Fsp3) is 0.130. The van der Waals surface area contributed by atoms with Gasteiger partial charge in [-0.05, 0) is 67.1 Å². The summed E-state index contributed by atoms with van der Waals surface area (Å²) in [5.74, 6) is -1.15. The normalized spacial score (nSPS) is 11.2. The second kappa shape index (κ2) is 9.78. The predicted molar refractivity (Wildman–Crippen MR) is 120 cm³/mol. The molecule has 0 fully saturated rings. The van der Waals surface area contributed by atoms with Crippen LogP contribution in [0.2, 0.25) is 0 Å². The number of carbonyl (C=O) groups is 2. The van der Waals surface area contributed by atoms with Gasteiger partial charge in [-0.1, -0.05) is 12.1 Å². The average molecular weight is 474 g/mol. The number of sulfone groups is 1. The summed E-state index contributed by atoms with van der Waals surface area (Å²) in [6.45, 7) is -1.28. The van der Waals surface area contributed by atoms with Crippen LogP contribution in [0.1, 0.15) is 26.3 Å². The van der Waals surface area contributed by atoms with Crippen molar-refractivity contribution in [2.75, 3.05) is 16.9 Å². The molecule has 0 aromatic heterocycles. The Balaban J connectivity index is 1.71. The summed E-state index contributed by atoms with van der Waals surface area (Å²) in [6.07, 6.45) is 1.06. The highest BCUT2D eigenvalue weighted by atomic mass is 32.2. The molecule has 0 bridgehead atoms. The summed E-state index contributed by atoms with van der Waals surface area (Å²) in [7, 11) is -3.45. The van der Waals surface area contributed by atoms with Gasteiger partial charge in [-0.2, -0.15) is 8.78 Å². The molecule has 3 aromatic rings. The summed E-state index contributed by atoms with van der Waals surface area (Å²) >= 11 is 0. The van der Waals surface area contributed by atoms with Crippen LogP contribution in [0.5, 0.6) is 5.75 Å². The van der Waals surface area contributed by atoms with Crippen molar-refractivity contribution in [1.29, 1.82) is 0 Å². The van der Waals surface area contributed by atoms with E-state index >= 15 is 0 Å². The van der Waals surface area contributed by atoms with E-state index in [0.717, 1.165) is 6.26 Å². The van der Waals surface area contributed by atoms with Crippen molar-refractivity contribution in [2.24, 2.45) is 0 Å². The van der Waals surface area contributed by atoms with Crippen molar-refractivity contribution in [2.45, 2.75) is 18.4 Å². The number of hydrogen-bond acceptors (Lipinski definition) is 5. The van der Waals surface area contributed by atoms with E-state index in [9.17, 15) is 26.8 Å². The number of alkyl halides is 2. The Bertz CT molecular complexity index is 1310. The molecule has 0 heterocycles. The first-order valence-electron chi connectivity index (χ1n) is 9.61. The third kappa shape index (κ3) is 6.36. The molecule has 0 spiro atoms. The van der Waals surface area contributed by atoms with Crippen LogP contribution in [-0.4, -0.2) is 33.1 Å². The van der Waals surface area contributed by atoms with Gasteiger partial charge in [-0.25, -0.2) is 8.42 Å². The quantitative estimate of drug-likeness (QED) is 0.525. The van der Waals surface area contributed by atoms with Gasteiger partial charge in [0.25, 0.3) is 11.8 Å². The zero-order chi connectivity index (χ0) is 24.2. The number of halogens is 2. The monoisotopic (exact) mass is 474 g/mol. The fourth-order valence-corrected chi connectivity index (χ4v) is 3.63. The molecule has 7 nitrogen and oxygen atoms in total. The third-order valence-electron chi connectivity index (χ3n) is 4.58. The molecule has 2 amide bonds. The van der Waals surface area contributed by atoms with Crippen LogP contribution < -0.4 is 15.4 Å². The van der Waals surface area contributed by atoms with E-state index in [1.54, 1.807) is 25.1 Å². The summed E-state index contributed by atoms with van der Waals surface area (Å²) in [4.78, 5) is 25.0. The molecule has 0 radical (unpaired) electrons. The van der Waals surface area contributed by atoms with Crippen LogP contribution in [0.15, 0.2) is 71.6 Å². The van der Waals surface area contributed by atoms with Crippen LogP contribution in [0, 0.1) is 6.92 Å². The van der Waals surface area contributed by atoms with E-state index in [2.05, 4.69) is 15.4 Å². The van der Waals surface area contributed by atoms with Crippen molar-refractivity contribution < 1.29 is 31.5 Å². The lowest BCUT2D eigenvalue weighted by atomic mass is 10.1. The van der Waals surface area contributed by atoms with Crippen molar-refractivity contribution in [3.63, 3.8) is 0 Å². The van der Waals surface area contributed by atoms with Crippen molar-refractivity contribution >= 4 is 33.0 Å². The Morgan fingerprint density at radius 2 is 1.52 bits per heavy atom. The Hall–Kier alpha value is -3.79. The number of hydrogen-bond donors (Lipinski definition) is 2. The Kier molecular flexibility index (Phi) is 7.07. The lowest BCUT2D eigenvalue weighted by Gasteiger charge is -2.12. The lowest BCUT2D eigenvalue weighted by molar-refractivity contribution is -0.0498. The zero-order valence-electron chi connectivity index (χ0n) is 17.6. The highest BCUT2D eigenvalue weighted by Crippen LogP contribution is 2.23. The first kappa shape index (κ1) is 23.9. The van der Waals surface area contributed by atoms with Gasteiger partial charge in [-0.15, -0.1) is 0 Å². The molecule has 0 aliphatic rings. The minimum absolute atomic E-state index is 0.0351. The summed E-state index contributed by atoms with van der Waals surface area (Å²) in [6, 6.07) is 15.9. The standard InChI is InChI=1S/C23H20F2N2O5S/c1-14-11-17(26-21(28)15-5-3-7-18(12-15)32-23(24)25)9-10-20(14)27-22(29)16-6-4-8-19(13-16)33(2,30)31/h3-13,23H,1-2H3,(H,26,28)(H,27,29). The van der Waals surface area contributed by atoms with Gasteiger partial charge in [0.1, 0.15) is 5.75 Å². The number of aryl methyl sites for hydroxylation is 1. The number of amides is 2. The highest BCUT2D eigenvalue weighted by molar-refractivity contribution is 7.90. The lowest BCUT2D eigenvalue weighted by Crippen LogP contribution is -2.15. The minimum atomic E-state index is -3.45. The van der Waals surface area contributed by atoms with Gasteiger partial charge >= 0.3 is 6.61 Å². The molecule has 2 N–H and O–H groups in total. The summed E-state index contributed by atoms with van der Waals surface area (Å²) < 4.78 is 52.5. The van der Waals surface area contributed by atoms with Crippen molar-refractivity contribution in [3.8, 4) is 5.75 Å². The molecule has 10 heteroatoms. The molecule has 3 aromatic carbocycles. The zero-order valence-corrected chi connectivity index (χ0v) is 18.5. The molecule has 0 unspecified atom stereocenters. The summed E-state index contributed by atoms with van der Waals surface area (Å²) in [5, 5.41) is 5.36. The predicted octanol–water partition coefficient (Wildman–Crippen LogP) is 4.50. The van der Waals surface area contributed by atoms with Crippen LogP contribution in [-0.2, 0) is 9.84 Å². The third-order valence-corrected chi connectivity index (χ3v) is 5.69. The van der Waals surface area contributed by atoms with Crippen molar-refractivity contribution in [3.05, 3.63) is 83.4 Å². The van der Waals surface area contributed by atoms with E-state index in [-0.39, 0.29) is 21.8 Å². The van der Waals surface area contributed by atoms with Gasteiger partial charge < -0.3 is 15.4 Å². The minimum Gasteiger partial charge on any atom is -0.435 e. The van der Waals surface area contributed by atoms with E-state index in [4.69, 9.17) is 0 Å². The molecule has 0 saturated heterocycles. The maximum Gasteiger partial charge on any atom is 0.387 e. The van der Waals surface area contributed by atoms with Crippen LogP contribution in [0.3, 0.4) is 0 Å². The molecular weight excluding hydrogens is 454 g/mol. The molecule has 0 saturated carbocycles. The van der Waals surface area contributed by atoms with E-state index < -0.39 is 28.3 Å². The summed E-state index contributed by atoms with van der Waals surface area (Å²) in [5.41, 5.74) is 1.84. The Labute approximate surface area is 189 Å². The number of anilines is 2. The smallest absolute Gasteiger partial charge is 0.387 e. The Morgan fingerprint density at radius 1 is 0.879 bits per heavy atom. The first-order valence-corrected chi connectivity index (χ1v) is 11.5. The highest BCUT2D eigenvalue weighted by Gasteiger charge is 2.14.